The molecule has 1 rings (SSSR count). The number of hydrogen-bond acceptors (Lipinski definition) is 4. The molecule has 116 valence electrons. The predicted octanol–water partition coefficient (Wildman–Crippen LogP) is 2.63. The topological polar surface area (TPSA) is 80.5 Å². The molecular formula is C13H17FN2O4S. The molecule has 0 aliphatic rings. The standard InChI is InChI=1S/C13H17FN2O4S/c1-4-5-6-7-15(3)21(19,20)13-9-12(16(17)18)11(14)8-10(13)2/h4,8-9H,1,5-7H2,2-3H3. The molecular weight excluding hydrogens is 299 g/mol. The van der Waals surface area contributed by atoms with Crippen molar-refractivity contribution in [2.75, 3.05) is 13.6 Å². The molecule has 0 saturated carbocycles. The summed E-state index contributed by atoms with van der Waals surface area (Å²) in [6.07, 6.45) is 2.92. The predicted molar refractivity (Wildman–Crippen MR) is 77.0 cm³/mol. The molecule has 1 aromatic rings. The van der Waals surface area contributed by atoms with Crippen molar-refractivity contribution in [3.05, 3.63) is 46.3 Å². The number of rotatable bonds is 7. The average molecular weight is 316 g/mol. The fourth-order valence-corrected chi connectivity index (χ4v) is 3.24. The van der Waals surface area contributed by atoms with Crippen LogP contribution in [0.15, 0.2) is 29.7 Å². The van der Waals surface area contributed by atoms with E-state index < -0.39 is 26.5 Å². The first-order valence-corrected chi connectivity index (χ1v) is 7.67. The second-order valence-corrected chi connectivity index (χ2v) is 6.60. The van der Waals surface area contributed by atoms with E-state index in [1.165, 1.54) is 14.0 Å². The molecule has 0 spiro atoms. The van der Waals surface area contributed by atoms with Crippen molar-refractivity contribution in [3.63, 3.8) is 0 Å². The Morgan fingerprint density at radius 2 is 2.10 bits per heavy atom. The molecule has 21 heavy (non-hydrogen) atoms. The summed E-state index contributed by atoms with van der Waals surface area (Å²) in [5, 5.41) is 10.7. The largest absolute Gasteiger partial charge is 0.306 e. The fraction of sp³-hybridized carbons (Fsp3) is 0.385. The third-order valence-electron chi connectivity index (χ3n) is 3.01. The quantitative estimate of drug-likeness (QED) is 0.335. The lowest BCUT2D eigenvalue weighted by atomic mass is 10.2. The van der Waals surface area contributed by atoms with Crippen molar-refractivity contribution in [2.45, 2.75) is 24.7 Å². The van der Waals surface area contributed by atoms with E-state index in [2.05, 4.69) is 6.58 Å². The number of allylic oxidation sites excluding steroid dienone is 1. The van der Waals surface area contributed by atoms with Crippen LogP contribution in [0.1, 0.15) is 18.4 Å². The van der Waals surface area contributed by atoms with Gasteiger partial charge in [-0.1, -0.05) is 6.08 Å². The van der Waals surface area contributed by atoms with E-state index in [0.717, 1.165) is 16.4 Å². The van der Waals surface area contributed by atoms with Crippen molar-refractivity contribution >= 4 is 15.7 Å². The molecule has 0 aromatic heterocycles. The highest BCUT2D eigenvalue weighted by molar-refractivity contribution is 7.89. The zero-order chi connectivity index (χ0) is 16.2. The molecule has 0 radical (unpaired) electrons. The Hall–Kier alpha value is -1.80. The van der Waals surface area contributed by atoms with E-state index in [1.807, 2.05) is 0 Å². The third-order valence-corrected chi connectivity index (χ3v) is 5.01. The SMILES string of the molecule is C=CCCCN(C)S(=O)(=O)c1cc([N+](=O)[O-])c(F)cc1C. The number of hydrogen-bond donors (Lipinski definition) is 0. The summed E-state index contributed by atoms with van der Waals surface area (Å²) in [5.41, 5.74) is -0.715. The van der Waals surface area contributed by atoms with E-state index >= 15 is 0 Å². The number of halogens is 1. The van der Waals surface area contributed by atoms with Crippen LogP contribution in [0.5, 0.6) is 0 Å². The van der Waals surface area contributed by atoms with Crippen LogP contribution in [0.4, 0.5) is 10.1 Å². The Kier molecular flexibility index (Phi) is 5.56. The molecule has 0 amide bonds. The average Bonchev–Trinajstić information content (AvgIpc) is 2.37. The number of sulfonamides is 1. The number of nitro groups is 1. The maximum absolute atomic E-state index is 13.5. The highest BCUT2D eigenvalue weighted by Gasteiger charge is 2.27. The van der Waals surface area contributed by atoms with Crippen LogP contribution in [-0.2, 0) is 10.0 Å². The molecule has 6 nitrogen and oxygen atoms in total. The normalized spacial score (nSPS) is 11.6. The minimum atomic E-state index is -3.89. The summed E-state index contributed by atoms with van der Waals surface area (Å²) in [6, 6.07) is 1.63. The lowest BCUT2D eigenvalue weighted by Crippen LogP contribution is -2.28. The summed E-state index contributed by atoms with van der Waals surface area (Å²) < 4.78 is 39.3. The van der Waals surface area contributed by atoms with Crippen molar-refractivity contribution in [3.8, 4) is 0 Å². The number of nitro benzene ring substituents is 1. The van der Waals surface area contributed by atoms with Gasteiger partial charge < -0.3 is 0 Å². The van der Waals surface area contributed by atoms with Crippen molar-refractivity contribution in [1.29, 1.82) is 0 Å². The molecule has 0 N–H and O–H groups in total. The summed E-state index contributed by atoms with van der Waals surface area (Å²) >= 11 is 0. The molecule has 0 saturated heterocycles. The Morgan fingerprint density at radius 3 is 2.62 bits per heavy atom. The highest BCUT2D eigenvalue weighted by atomic mass is 32.2. The van der Waals surface area contributed by atoms with Gasteiger partial charge >= 0.3 is 5.69 Å². The van der Waals surface area contributed by atoms with Crippen LogP contribution in [-0.4, -0.2) is 31.2 Å². The highest BCUT2D eigenvalue weighted by Crippen LogP contribution is 2.27. The Bertz CT molecular complexity index is 658. The maximum Gasteiger partial charge on any atom is 0.306 e. The van der Waals surface area contributed by atoms with Gasteiger partial charge in [0.25, 0.3) is 0 Å². The van der Waals surface area contributed by atoms with Gasteiger partial charge in [-0.3, -0.25) is 10.1 Å². The van der Waals surface area contributed by atoms with Gasteiger partial charge in [0.1, 0.15) is 0 Å². The van der Waals surface area contributed by atoms with Gasteiger partial charge in [0, 0.05) is 19.7 Å². The van der Waals surface area contributed by atoms with Gasteiger partial charge in [0.15, 0.2) is 0 Å². The molecule has 1 aromatic carbocycles. The second-order valence-electron chi connectivity index (χ2n) is 4.58. The first kappa shape index (κ1) is 17.3. The minimum Gasteiger partial charge on any atom is -0.258 e. The lowest BCUT2D eigenvalue weighted by Gasteiger charge is -2.18. The lowest BCUT2D eigenvalue weighted by molar-refractivity contribution is -0.387. The van der Waals surface area contributed by atoms with Gasteiger partial charge in [-0.15, -0.1) is 6.58 Å². The van der Waals surface area contributed by atoms with Gasteiger partial charge in [-0.05, 0) is 31.4 Å². The molecule has 0 aliphatic carbocycles. The van der Waals surface area contributed by atoms with Crippen molar-refractivity contribution in [1.82, 2.24) is 4.31 Å². The summed E-state index contributed by atoms with van der Waals surface area (Å²) in [7, 11) is -2.51. The monoisotopic (exact) mass is 316 g/mol. The summed E-state index contributed by atoms with van der Waals surface area (Å²) in [6.45, 7) is 5.20. The Balaban J connectivity index is 3.21. The van der Waals surface area contributed by atoms with Crippen molar-refractivity contribution < 1.29 is 17.7 Å². The summed E-state index contributed by atoms with van der Waals surface area (Å²) in [5.74, 6) is -1.05. The molecule has 0 bridgehead atoms. The smallest absolute Gasteiger partial charge is 0.258 e. The Labute approximate surface area is 123 Å². The summed E-state index contributed by atoms with van der Waals surface area (Å²) in [4.78, 5) is 9.55. The van der Waals surface area contributed by atoms with Crippen molar-refractivity contribution in [2.24, 2.45) is 0 Å². The van der Waals surface area contributed by atoms with Gasteiger partial charge in [0.05, 0.1) is 9.82 Å². The van der Waals surface area contributed by atoms with E-state index in [9.17, 15) is 22.9 Å². The maximum atomic E-state index is 13.5. The van der Waals surface area contributed by atoms with Crippen LogP contribution in [0.2, 0.25) is 0 Å². The molecule has 0 atom stereocenters. The van der Waals surface area contributed by atoms with Crippen LogP contribution in [0.3, 0.4) is 0 Å². The number of nitrogens with zero attached hydrogens (tertiary/aromatic N) is 2. The fourth-order valence-electron chi connectivity index (χ4n) is 1.81. The molecule has 8 heteroatoms. The first-order valence-electron chi connectivity index (χ1n) is 6.23. The molecule has 0 unspecified atom stereocenters. The van der Waals surface area contributed by atoms with E-state index in [0.29, 0.717) is 12.8 Å². The molecule has 0 aliphatic heterocycles. The van der Waals surface area contributed by atoms with E-state index in [-0.39, 0.29) is 17.0 Å². The zero-order valence-electron chi connectivity index (χ0n) is 11.9. The van der Waals surface area contributed by atoms with Crippen LogP contribution >= 0.6 is 0 Å². The van der Waals surface area contributed by atoms with E-state index in [4.69, 9.17) is 0 Å². The van der Waals surface area contributed by atoms with Gasteiger partial charge in [-0.2, -0.15) is 4.39 Å². The number of unbranched alkanes of at least 4 members (excludes halogenated alkanes) is 1. The van der Waals surface area contributed by atoms with Crippen LogP contribution < -0.4 is 0 Å². The minimum absolute atomic E-state index is 0.133. The van der Waals surface area contributed by atoms with E-state index in [1.54, 1.807) is 6.08 Å². The zero-order valence-corrected chi connectivity index (χ0v) is 12.7. The first-order chi connectivity index (χ1) is 9.71. The third kappa shape index (κ3) is 3.85. The second kappa shape index (κ2) is 6.77. The van der Waals surface area contributed by atoms with Gasteiger partial charge in [0.2, 0.25) is 15.8 Å². The van der Waals surface area contributed by atoms with Crippen LogP contribution in [0.25, 0.3) is 0 Å². The Morgan fingerprint density at radius 1 is 1.48 bits per heavy atom. The molecule has 0 heterocycles. The number of aryl methyl sites for hydroxylation is 1. The van der Waals surface area contributed by atoms with Gasteiger partial charge in [-0.25, -0.2) is 12.7 Å². The number of benzene rings is 1. The molecule has 0 fully saturated rings. The van der Waals surface area contributed by atoms with Crippen LogP contribution in [0, 0.1) is 22.9 Å².